The van der Waals surface area contributed by atoms with Gasteiger partial charge in [0.05, 0.1) is 6.42 Å². The summed E-state index contributed by atoms with van der Waals surface area (Å²) in [5.41, 5.74) is 0. The van der Waals surface area contributed by atoms with Gasteiger partial charge in [-0.05, 0) is 0 Å². The van der Waals surface area contributed by atoms with Gasteiger partial charge in [-0.1, -0.05) is 12.2 Å². The van der Waals surface area contributed by atoms with Crippen LogP contribution in [0, 0.1) is 11.8 Å². The van der Waals surface area contributed by atoms with E-state index in [1.807, 2.05) is 12.2 Å². The van der Waals surface area contributed by atoms with Crippen molar-refractivity contribution in [3.63, 3.8) is 0 Å². The zero-order valence-corrected chi connectivity index (χ0v) is 4.83. The lowest BCUT2D eigenvalue weighted by atomic mass is 9.85. The highest BCUT2D eigenvalue weighted by Gasteiger charge is 2.42. The van der Waals surface area contributed by atoms with Gasteiger partial charge in [-0.3, -0.25) is 9.59 Å². The van der Waals surface area contributed by atoms with E-state index in [0.29, 0.717) is 0 Å². The Hall–Kier alpha value is -0.920. The Kier molecular flexibility index (Phi) is 0.721. The fourth-order valence-electron chi connectivity index (χ4n) is 1.36. The second kappa shape index (κ2) is 1.32. The Bertz CT molecular complexity index is 193. The highest BCUT2D eigenvalue weighted by atomic mass is 16.2. The molecule has 0 aromatic heterocycles. The lowest BCUT2D eigenvalue weighted by molar-refractivity contribution is -0.122. The van der Waals surface area contributed by atoms with Gasteiger partial charge in [-0.2, -0.15) is 0 Å². The van der Waals surface area contributed by atoms with Crippen LogP contribution in [0.5, 0.6) is 0 Å². The Morgan fingerprint density at radius 1 is 1.11 bits per heavy atom. The fraction of sp³-hybridized carbons (Fsp3) is 0.429. The molecule has 2 aliphatic carbocycles. The van der Waals surface area contributed by atoms with Crippen molar-refractivity contribution in [2.75, 3.05) is 0 Å². The maximum atomic E-state index is 10.8. The minimum Gasteiger partial charge on any atom is -0.299 e. The molecule has 2 aliphatic rings. The van der Waals surface area contributed by atoms with Crippen molar-refractivity contribution in [1.29, 1.82) is 0 Å². The fourth-order valence-corrected chi connectivity index (χ4v) is 1.36. The van der Waals surface area contributed by atoms with E-state index in [1.54, 1.807) is 0 Å². The van der Waals surface area contributed by atoms with Gasteiger partial charge in [0.15, 0.2) is 0 Å². The average Bonchev–Trinajstić information content (AvgIpc) is 1.73. The number of hydrogen-bond donors (Lipinski definition) is 0. The van der Waals surface area contributed by atoms with Crippen LogP contribution in [0.1, 0.15) is 6.42 Å². The predicted octanol–water partition coefficient (Wildman–Crippen LogP) is 0.331. The standard InChI is InChI=1S/C7H6O2/c8-6-3-7(9)5-2-1-4(5)6/h1-2,4-5H,3H2. The molecule has 0 spiro atoms. The van der Waals surface area contributed by atoms with Crippen LogP contribution < -0.4 is 0 Å². The number of Topliss-reactive ketones (excluding diaryl/α,β-unsaturated/α-hetero) is 2. The van der Waals surface area contributed by atoms with E-state index in [1.165, 1.54) is 0 Å². The topological polar surface area (TPSA) is 34.1 Å². The van der Waals surface area contributed by atoms with E-state index >= 15 is 0 Å². The minimum absolute atomic E-state index is 0.0301. The molecule has 0 N–H and O–H groups in total. The molecular weight excluding hydrogens is 116 g/mol. The third kappa shape index (κ3) is 0.453. The summed E-state index contributed by atoms with van der Waals surface area (Å²) in [6.07, 6.45) is 3.80. The molecule has 0 radical (unpaired) electrons. The molecule has 0 aromatic carbocycles. The van der Waals surface area contributed by atoms with E-state index in [2.05, 4.69) is 0 Å². The predicted molar refractivity (Wildman–Crippen MR) is 30.8 cm³/mol. The summed E-state index contributed by atoms with van der Waals surface area (Å²) in [6, 6.07) is 0. The van der Waals surface area contributed by atoms with E-state index in [9.17, 15) is 9.59 Å². The van der Waals surface area contributed by atoms with Crippen LogP contribution in [0.15, 0.2) is 12.2 Å². The molecule has 0 amide bonds. The van der Waals surface area contributed by atoms with Crippen LogP contribution in [0.3, 0.4) is 0 Å². The highest BCUT2D eigenvalue weighted by Crippen LogP contribution is 2.34. The van der Waals surface area contributed by atoms with Crippen LogP contribution in [0.4, 0.5) is 0 Å². The van der Waals surface area contributed by atoms with Gasteiger partial charge in [0.2, 0.25) is 0 Å². The molecule has 1 fully saturated rings. The van der Waals surface area contributed by atoms with Crippen molar-refractivity contribution in [2.45, 2.75) is 6.42 Å². The van der Waals surface area contributed by atoms with E-state index in [0.717, 1.165) is 0 Å². The van der Waals surface area contributed by atoms with E-state index in [4.69, 9.17) is 0 Å². The second-order valence-electron chi connectivity index (χ2n) is 2.55. The maximum absolute atomic E-state index is 10.8. The Labute approximate surface area is 52.6 Å². The van der Waals surface area contributed by atoms with Gasteiger partial charge in [0.1, 0.15) is 11.6 Å². The van der Waals surface area contributed by atoms with Gasteiger partial charge in [0, 0.05) is 11.8 Å². The molecule has 2 heteroatoms. The van der Waals surface area contributed by atoms with Crippen molar-refractivity contribution < 1.29 is 9.59 Å². The zero-order valence-electron chi connectivity index (χ0n) is 4.83. The van der Waals surface area contributed by atoms with E-state index < -0.39 is 0 Å². The maximum Gasteiger partial charge on any atom is 0.148 e. The number of ketones is 2. The van der Waals surface area contributed by atoms with Gasteiger partial charge in [-0.25, -0.2) is 0 Å². The van der Waals surface area contributed by atoms with Crippen LogP contribution >= 0.6 is 0 Å². The summed E-state index contributed by atoms with van der Waals surface area (Å²) < 4.78 is 0. The third-order valence-electron chi connectivity index (χ3n) is 2.00. The van der Waals surface area contributed by atoms with Gasteiger partial charge < -0.3 is 0 Å². The number of rotatable bonds is 0. The normalized spacial score (nSPS) is 38.7. The van der Waals surface area contributed by atoms with Crippen molar-refractivity contribution in [1.82, 2.24) is 0 Å². The number of fused-ring (bicyclic) bond motifs is 1. The highest BCUT2D eigenvalue weighted by molar-refractivity contribution is 6.11. The molecule has 2 unspecified atom stereocenters. The zero-order chi connectivity index (χ0) is 6.43. The molecule has 46 valence electrons. The van der Waals surface area contributed by atoms with Crippen LogP contribution in [0.25, 0.3) is 0 Å². The second-order valence-corrected chi connectivity index (χ2v) is 2.55. The first kappa shape index (κ1) is 4.91. The number of carbonyl (C=O) groups is 2. The molecule has 0 saturated heterocycles. The van der Waals surface area contributed by atoms with Gasteiger partial charge in [-0.15, -0.1) is 0 Å². The van der Waals surface area contributed by atoms with Gasteiger partial charge >= 0.3 is 0 Å². The van der Waals surface area contributed by atoms with Crippen LogP contribution in [-0.4, -0.2) is 11.6 Å². The third-order valence-corrected chi connectivity index (χ3v) is 2.00. The Morgan fingerprint density at radius 2 is 1.56 bits per heavy atom. The van der Waals surface area contributed by atoms with Crippen LogP contribution in [0.2, 0.25) is 0 Å². The van der Waals surface area contributed by atoms with E-state index in [-0.39, 0.29) is 29.8 Å². The molecule has 1 saturated carbocycles. The molecule has 2 nitrogen and oxygen atoms in total. The van der Waals surface area contributed by atoms with Gasteiger partial charge in [0.25, 0.3) is 0 Å². The van der Waals surface area contributed by atoms with Crippen molar-refractivity contribution in [3.05, 3.63) is 12.2 Å². The summed E-state index contributed by atoms with van der Waals surface area (Å²) in [5, 5.41) is 0. The lowest BCUT2D eigenvalue weighted by Gasteiger charge is -2.16. The molecule has 0 aliphatic heterocycles. The first-order chi connectivity index (χ1) is 4.29. The van der Waals surface area contributed by atoms with Crippen molar-refractivity contribution in [2.24, 2.45) is 11.8 Å². The molecule has 2 atom stereocenters. The summed E-state index contributed by atoms with van der Waals surface area (Å²) in [7, 11) is 0. The molecule has 0 bridgehead atoms. The molecule has 0 heterocycles. The summed E-state index contributed by atoms with van der Waals surface area (Å²) in [5.74, 6) is 0.148. The van der Waals surface area contributed by atoms with Crippen molar-refractivity contribution in [3.8, 4) is 0 Å². The number of allylic oxidation sites excluding steroid dienone is 2. The van der Waals surface area contributed by atoms with Crippen LogP contribution in [-0.2, 0) is 9.59 Å². The van der Waals surface area contributed by atoms with Crippen molar-refractivity contribution >= 4 is 11.6 Å². The summed E-state index contributed by atoms with van der Waals surface area (Å²) in [4.78, 5) is 21.5. The molecule has 0 aromatic rings. The lowest BCUT2D eigenvalue weighted by Crippen LogP contribution is -2.20. The summed E-state index contributed by atoms with van der Waals surface area (Å²) >= 11 is 0. The largest absolute Gasteiger partial charge is 0.299 e. The Balaban J connectivity index is 2.37. The minimum atomic E-state index is -0.0301. The smallest absolute Gasteiger partial charge is 0.148 e. The monoisotopic (exact) mass is 122 g/mol. The summed E-state index contributed by atoms with van der Waals surface area (Å²) in [6.45, 7) is 0. The number of hydrogen-bond acceptors (Lipinski definition) is 2. The average molecular weight is 122 g/mol. The number of carbonyl (C=O) groups excluding carboxylic acids is 2. The molecule has 2 rings (SSSR count). The SMILES string of the molecule is O=C1CC(=O)C2C=CC12. The Morgan fingerprint density at radius 3 is 1.78 bits per heavy atom. The molecular formula is C7H6O2. The molecule has 9 heavy (non-hydrogen) atoms. The first-order valence-electron chi connectivity index (χ1n) is 3.03. The first-order valence-corrected chi connectivity index (χ1v) is 3.03. The quantitative estimate of drug-likeness (QED) is 0.342.